The summed E-state index contributed by atoms with van der Waals surface area (Å²) in [5, 5.41) is 8.02. The van der Waals surface area contributed by atoms with Gasteiger partial charge >= 0.3 is 0 Å². The highest BCUT2D eigenvalue weighted by Gasteiger charge is 2.14. The molecule has 0 aliphatic carbocycles. The van der Waals surface area contributed by atoms with Gasteiger partial charge in [0.2, 0.25) is 5.55 Å². The fraction of sp³-hybridized carbons (Fsp3) is 0.0833. The van der Waals surface area contributed by atoms with Crippen LogP contribution in [0.1, 0.15) is 17.3 Å². The molecule has 0 aliphatic heterocycles. The molecule has 156 valence electrons. The average molecular weight is 478 g/mol. The molecule has 0 aliphatic rings. The van der Waals surface area contributed by atoms with Crippen molar-refractivity contribution in [2.24, 2.45) is 5.10 Å². The van der Waals surface area contributed by atoms with E-state index in [1.165, 1.54) is 0 Å². The Balaban J connectivity index is 1.73. The van der Waals surface area contributed by atoms with Crippen LogP contribution in [-0.2, 0) is 0 Å². The lowest BCUT2D eigenvalue weighted by molar-refractivity contribution is 0.102. The lowest BCUT2D eigenvalue weighted by atomic mass is 10.1. The number of hydrogen-bond donors (Lipinski definition) is 2. The van der Waals surface area contributed by atoms with E-state index in [0.29, 0.717) is 29.2 Å². The highest BCUT2D eigenvalue weighted by atomic mass is 79.9. The molecule has 4 rings (SSSR count). The van der Waals surface area contributed by atoms with Gasteiger partial charge in [0.1, 0.15) is 16.9 Å². The number of hydrogen-bond acceptors (Lipinski definition) is 5. The first-order chi connectivity index (χ1) is 15.1. The van der Waals surface area contributed by atoms with Gasteiger partial charge in [-0.05, 0) is 55.5 Å². The maximum atomic E-state index is 13.1. The second-order valence-corrected chi connectivity index (χ2v) is 7.57. The Morgan fingerprint density at radius 3 is 2.61 bits per heavy atom. The van der Waals surface area contributed by atoms with E-state index in [4.69, 9.17) is 9.15 Å². The fourth-order valence-corrected chi connectivity index (χ4v) is 3.38. The lowest BCUT2D eigenvalue weighted by Crippen LogP contribution is -2.22. The molecule has 0 unspecified atom stereocenters. The zero-order valence-electron chi connectivity index (χ0n) is 16.8. The molecule has 3 aromatic carbocycles. The van der Waals surface area contributed by atoms with Crippen molar-refractivity contribution >= 4 is 44.2 Å². The SMILES string of the molecule is CCOc1cccc(NC(=O)c2cc3cc(Br)ccc3oc2=NNc2ccccc2)c1. The number of ether oxygens (including phenoxy) is 1. The molecule has 1 amide bonds. The summed E-state index contributed by atoms with van der Waals surface area (Å²) in [5.74, 6) is 0.343. The van der Waals surface area contributed by atoms with Gasteiger partial charge in [-0.3, -0.25) is 10.2 Å². The van der Waals surface area contributed by atoms with Crippen LogP contribution in [-0.4, -0.2) is 12.5 Å². The summed E-state index contributed by atoms with van der Waals surface area (Å²) < 4.78 is 12.4. The second-order valence-electron chi connectivity index (χ2n) is 6.65. The van der Waals surface area contributed by atoms with E-state index in [-0.39, 0.29) is 11.5 Å². The van der Waals surface area contributed by atoms with Crippen molar-refractivity contribution in [3.63, 3.8) is 0 Å². The molecule has 0 radical (unpaired) electrons. The Bertz CT molecular complexity index is 1290. The molecule has 0 bridgehead atoms. The van der Waals surface area contributed by atoms with E-state index >= 15 is 0 Å². The summed E-state index contributed by atoms with van der Waals surface area (Å²) in [6, 6.07) is 24.0. The minimum absolute atomic E-state index is 0.178. The number of amides is 1. The topological polar surface area (TPSA) is 75.9 Å². The monoisotopic (exact) mass is 477 g/mol. The van der Waals surface area contributed by atoms with Crippen LogP contribution in [0, 0.1) is 0 Å². The number of anilines is 2. The van der Waals surface area contributed by atoms with E-state index in [9.17, 15) is 4.79 Å². The van der Waals surface area contributed by atoms with Crippen molar-refractivity contribution in [2.75, 3.05) is 17.3 Å². The van der Waals surface area contributed by atoms with E-state index in [0.717, 1.165) is 15.5 Å². The molecule has 0 saturated heterocycles. The number of benzene rings is 3. The number of para-hydroxylation sites is 1. The molecule has 1 heterocycles. The predicted molar refractivity (Wildman–Crippen MR) is 125 cm³/mol. The third kappa shape index (κ3) is 5.13. The van der Waals surface area contributed by atoms with Gasteiger partial charge in [0.15, 0.2) is 0 Å². The third-order valence-corrected chi connectivity index (χ3v) is 4.91. The zero-order chi connectivity index (χ0) is 21.6. The van der Waals surface area contributed by atoms with Gasteiger partial charge < -0.3 is 14.5 Å². The smallest absolute Gasteiger partial charge is 0.261 e. The number of nitrogens with zero attached hydrogens (tertiary/aromatic N) is 1. The van der Waals surface area contributed by atoms with Gasteiger partial charge in [-0.1, -0.05) is 40.2 Å². The zero-order valence-corrected chi connectivity index (χ0v) is 18.3. The molecular weight excluding hydrogens is 458 g/mol. The molecule has 0 fully saturated rings. The maximum absolute atomic E-state index is 13.1. The quantitative estimate of drug-likeness (QED) is 0.345. The fourth-order valence-electron chi connectivity index (χ4n) is 3.00. The van der Waals surface area contributed by atoms with Gasteiger partial charge in [0.25, 0.3) is 5.91 Å². The van der Waals surface area contributed by atoms with Crippen LogP contribution in [0.5, 0.6) is 5.75 Å². The van der Waals surface area contributed by atoms with Gasteiger partial charge in [-0.25, -0.2) is 0 Å². The number of halogens is 1. The Morgan fingerprint density at radius 2 is 1.81 bits per heavy atom. The van der Waals surface area contributed by atoms with Crippen molar-refractivity contribution in [3.8, 4) is 5.75 Å². The number of fused-ring (bicyclic) bond motifs is 1. The standard InChI is InChI=1S/C24H20BrN3O3/c1-2-30-20-10-6-9-19(15-20)26-23(29)21-14-16-13-17(25)11-12-22(16)31-24(21)28-27-18-7-4-3-5-8-18/h3-15,27H,2H2,1H3,(H,26,29). The van der Waals surface area contributed by atoms with Gasteiger partial charge in [-0.2, -0.15) is 0 Å². The third-order valence-electron chi connectivity index (χ3n) is 4.42. The summed E-state index contributed by atoms with van der Waals surface area (Å²) >= 11 is 3.46. The Morgan fingerprint density at radius 1 is 1.00 bits per heavy atom. The van der Waals surface area contributed by atoms with Crippen molar-refractivity contribution in [1.29, 1.82) is 0 Å². The van der Waals surface area contributed by atoms with Crippen molar-refractivity contribution in [3.05, 3.63) is 94.5 Å². The number of carbonyl (C=O) groups excluding carboxylic acids is 1. The Hall–Kier alpha value is -3.58. The predicted octanol–water partition coefficient (Wildman–Crippen LogP) is 5.77. The first-order valence-electron chi connectivity index (χ1n) is 9.75. The number of nitrogens with one attached hydrogen (secondary N) is 2. The Labute approximate surface area is 187 Å². The van der Waals surface area contributed by atoms with Crippen LogP contribution in [0.2, 0.25) is 0 Å². The molecular formula is C24H20BrN3O3. The molecule has 0 atom stereocenters. The van der Waals surface area contributed by atoms with Crippen LogP contribution >= 0.6 is 15.9 Å². The van der Waals surface area contributed by atoms with Crippen molar-refractivity contribution in [1.82, 2.24) is 0 Å². The summed E-state index contributed by atoms with van der Waals surface area (Å²) in [4.78, 5) is 13.1. The van der Waals surface area contributed by atoms with Crippen LogP contribution in [0.3, 0.4) is 0 Å². The summed E-state index contributed by atoms with van der Waals surface area (Å²) in [6.45, 7) is 2.46. The highest BCUT2D eigenvalue weighted by molar-refractivity contribution is 9.10. The Kier molecular flexibility index (Phi) is 6.33. The maximum Gasteiger partial charge on any atom is 0.261 e. The van der Waals surface area contributed by atoms with Crippen LogP contribution in [0.15, 0.2) is 92.9 Å². The molecule has 7 heteroatoms. The summed E-state index contributed by atoms with van der Waals surface area (Å²) in [5.41, 5.74) is 5.44. The van der Waals surface area contributed by atoms with Crippen LogP contribution in [0.4, 0.5) is 11.4 Å². The van der Waals surface area contributed by atoms with E-state index in [2.05, 4.69) is 31.8 Å². The molecule has 6 nitrogen and oxygen atoms in total. The minimum atomic E-state index is -0.340. The van der Waals surface area contributed by atoms with Crippen LogP contribution < -0.4 is 21.0 Å². The largest absolute Gasteiger partial charge is 0.494 e. The normalized spacial score (nSPS) is 11.4. The molecule has 4 aromatic rings. The van der Waals surface area contributed by atoms with Crippen molar-refractivity contribution in [2.45, 2.75) is 6.92 Å². The average Bonchev–Trinajstić information content (AvgIpc) is 2.78. The lowest BCUT2D eigenvalue weighted by Gasteiger charge is -2.09. The summed E-state index contributed by atoms with van der Waals surface area (Å²) in [7, 11) is 0. The van der Waals surface area contributed by atoms with E-state index in [1.807, 2.05) is 67.6 Å². The van der Waals surface area contributed by atoms with E-state index in [1.54, 1.807) is 18.2 Å². The van der Waals surface area contributed by atoms with Crippen LogP contribution in [0.25, 0.3) is 11.0 Å². The van der Waals surface area contributed by atoms with Gasteiger partial charge in [0.05, 0.1) is 12.3 Å². The minimum Gasteiger partial charge on any atom is -0.494 e. The molecule has 0 spiro atoms. The van der Waals surface area contributed by atoms with E-state index < -0.39 is 0 Å². The number of rotatable bonds is 6. The highest BCUT2D eigenvalue weighted by Crippen LogP contribution is 2.21. The molecule has 0 saturated carbocycles. The summed E-state index contributed by atoms with van der Waals surface area (Å²) in [6.07, 6.45) is 0. The molecule has 2 N–H and O–H groups in total. The van der Waals surface area contributed by atoms with Gasteiger partial charge in [-0.15, -0.1) is 5.10 Å². The molecule has 31 heavy (non-hydrogen) atoms. The number of carbonyl (C=O) groups is 1. The second kappa shape index (κ2) is 9.49. The van der Waals surface area contributed by atoms with Gasteiger partial charge in [0, 0.05) is 21.6 Å². The molecule has 1 aromatic heterocycles. The van der Waals surface area contributed by atoms with Crippen molar-refractivity contribution < 1.29 is 13.9 Å². The first-order valence-corrected chi connectivity index (χ1v) is 10.5. The first kappa shape index (κ1) is 20.7.